The molecular weight excluding hydrogens is 378 g/mol. The molecule has 2 rings (SSSR count). The number of alkyl halides is 3. The topological polar surface area (TPSA) is 140 Å². The molecule has 11 heteroatoms. The summed E-state index contributed by atoms with van der Waals surface area (Å²) >= 11 is 18.2. The van der Waals surface area contributed by atoms with Gasteiger partial charge in [-0.3, -0.25) is 0 Å². The third kappa shape index (κ3) is 2.78. The van der Waals surface area contributed by atoms with E-state index in [1.165, 1.54) is 0 Å². The van der Waals surface area contributed by atoms with E-state index in [1.54, 1.807) is 0 Å². The summed E-state index contributed by atoms with van der Waals surface area (Å²) in [6.45, 7) is -1.97. The lowest BCUT2D eigenvalue weighted by molar-refractivity contribution is -0.230. The third-order valence-corrected chi connectivity index (χ3v) is 5.71. The summed E-state index contributed by atoms with van der Waals surface area (Å²) < 4.78 is 10.7. The number of hydrogen-bond donors (Lipinski definition) is 6. The Balaban J connectivity index is 2.55. The van der Waals surface area contributed by atoms with Gasteiger partial charge < -0.3 is 40.1 Å². The average Bonchev–Trinajstić information content (AvgIpc) is 2.77. The molecule has 0 unspecified atom stereocenters. The van der Waals surface area contributed by atoms with Crippen LogP contribution in [0.25, 0.3) is 0 Å². The number of hydrogen-bond acceptors (Lipinski definition) is 8. The lowest BCUT2D eigenvalue weighted by atomic mass is 9.72. The molecule has 0 spiro atoms. The zero-order valence-electron chi connectivity index (χ0n) is 11.8. The summed E-state index contributed by atoms with van der Waals surface area (Å²) in [7, 11) is 0. The average molecular weight is 398 g/mol. The first-order valence-electron chi connectivity index (χ1n) is 6.87. The Labute approximate surface area is 147 Å². The smallest absolute Gasteiger partial charge is 0.144 e. The summed E-state index contributed by atoms with van der Waals surface area (Å²) in [5.74, 6) is 0. The van der Waals surface area contributed by atoms with Crippen LogP contribution in [0.5, 0.6) is 0 Å². The molecule has 0 bridgehead atoms. The molecule has 0 saturated carbocycles. The lowest BCUT2D eigenvalue weighted by Crippen LogP contribution is -2.75. The molecule has 8 atom stereocenters. The monoisotopic (exact) mass is 396 g/mol. The van der Waals surface area contributed by atoms with Crippen LogP contribution in [0, 0.1) is 0 Å². The highest BCUT2D eigenvalue weighted by atomic mass is 35.5. The van der Waals surface area contributed by atoms with Crippen molar-refractivity contribution in [3.8, 4) is 0 Å². The van der Waals surface area contributed by atoms with Crippen molar-refractivity contribution in [3.05, 3.63) is 0 Å². The van der Waals surface area contributed by atoms with Gasteiger partial charge in [0.25, 0.3) is 0 Å². The summed E-state index contributed by atoms with van der Waals surface area (Å²) in [6.07, 6.45) is -9.25. The minimum atomic E-state index is -2.20. The van der Waals surface area contributed by atoms with Crippen LogP contribution in [-0.2, 0) is 9.47 Å². The summed E-state index contributed by atoms with van der Waals surface area (Å²) in [4.78, 5) is -3.50. The van der Waals surface area contributed by atoms with E-state index in [4.69, 9.17) is 44.3 Å². The lowest BCUT2D eigenvalue weighted by Gasteiger charge is -2.54. The molecule has 136 valence electrons. The zero-order valence-corrected chi connectivity index (χ0v) is 14.1. The fourth-order valence-electron chi connectivity index (χ4n) is 3.21. The van der Waals surface area contributed by atoms with Crippen molar-refractivity contribution in [3.63, 3.8) is 0 Å². The molecule has 0 aromatic carbocycles. The highest BCUT2D eigenvalue weighted by molar-refractivity contribution is 6.45. The Hall–Kier alpha value is 0.550. The van der Waals surface area contributed by atoms with Gasteiger partial charge in [0.2, 0.25) is 0 Å². The van der Waals surface area contributed by atoms with Gasteiger partial charge in [0.05, 0.1) is 19.8 Å². The Bertz CT molecular complexity index is 429. The van der Waals surface area contributed by atoms with E-state index < -0.39 is 65.1 Å². The highest BCUT2D eigenvalue weighted by Gasteiger charge is 2.72. The third-order valence-electron chi connectivity index (χ3n) is 4.49. The summed E-state index contributed by atoms with van der Waals surface area (Å²) in [6, 6.07) is 0. The summed E-state index contributed by atoms with van der Waals surface area (Å²) in [5.41, 5.74) is -2.19. The first kappa shape index (κ1) is 19.9. The Morgan fingerprint density at radius 2 is 1.70 bits per heavy atom. The maximum Gasteiger partial charge on any atom is 0.144 e. The molecule has 8 nitrogen and oxygen atoms in total. The molecule has 2 saturated heterocycles. The van der Waals surface area contributed by atoms with Crippen LogP contribution in [0.4, 0.5) is 0 Å². The van der Waals surface area contributed by atoms with Crippen molar-refractivity contribution in [2.75, 3.05) is 19.8 Å². The van der Waals surface area contributed by atoms with E-state index in [0.29, 0.717) is 0 Å². The van der Waals surface area contributed by atoms with Crippen LogP contribution in [0.3, 0.4) is 0 Å². The van der Waals surface area contributed by atoms with Crippen LogP contribution < -0.4 is 0 Å². The molecule has 2 fully saturated rings. The fraction of sp³-hybridized carbons (Fsp3) is 1.00. The predicted octanol–water partition coefficient (Wildman–Crippen LogP) is -2.27. The molecular formula is C12H19Cl3O8. The molecule has 2 heterocycles. The van der Waals surface area contributed by atoms with Crippen molar-refractivity contribution in [2.45, 2.75) is 51.9 Å². The molecule has 6 N–H and O–H groups in total. The van der Waals surface area contributed by atoms with Crippen LogP contribution in [0.1, 0.15) is 0 Å². The molecule has 23 heavy (non-hydrogen) atoms. The van der Waals surface area contributed by atoms with Crippen LogP contribution in [-0.4, -0.2) is 102 Å². The van der Waals surface area contributed by atoms with Gasteiger partial charge in [-0.2, -0.15) is 0 Å². The van der Waals surface area contributed by atoms with Gasteiger partial charge in [0.1, 0.15) is 51.9 Å². The van der Waals surface area contributed by atoms with E-state index >= 15 is 0 Å². The first-order valence-corrected chi connectivity index (χ1v) is 8.13. The number of halogens is 3. The van der Waals surface area contributed by atoms with E-state index in [0.717, 1.165) is 0 Å². The second-order valence-electron chi connectivity index (χ2n) is 5.69. The molecule has 2 aliphatic rings. The van der Waals surface area contributed by atoms with Gasteiger partial charge in [0.15, 0.2) is 0 Å². The van der Waals surface area contributed by atoms with Gasteiger partial charge in [-0.15, -0.1) is 34.8 Å². The maximum absolute atomic E-state index is 10.4. The van der Waals surface area contributed by atoms with E-state index in [2.05, 4.69) is 0 Å². The minimum absolute atomic E-state index is 0.334. The van der Waals surface area contributed by atoms with Crippen LogP contribution >= 0.6 is 34.8 Å². The second-order valence-corrected chi connectivity index (χ2v) is 7.48. The van der Waals surface area contributed by atoms with Gasteiger partial charge >= 0.3 is 0 Å². The fourth-order valence-corrected chi connectivity index (χ4v) is 4.44. The minimum Gasteiger partial charge on any atom is -0.394 e. The quantitative estimate of drug-likeness (QED) is 0.292. The van der Waals surface area contributed by atoms with E-state index in [9.17, 15) is 30.6 Å². The van der Waals surface area contributed by atoms with Crippen molar-refractivity contribution in [1.82, 2.24) is 0 Å². The zero-order chi connectivity index (χ0) is 17.6. The van der Waals surface area contributed by atoms with Gasteiger partial charge in [-0.05, 0) is 0 Å². The molecule has 0 aromatic rings. The number of aliphatic hydroxyl groups excluding tert-OH is 6. The highest BCUT2D eigenvalue weighted by Crippen LogP contribution is 2.51. The number of aliphatic hydroxyl groups is 6. The first-order chi connectivity index (χ1) is 10.7. The van der Waals surface area contributed by atoms with Crippen LogP contribution in [0.15, 0.2) is 0 Å². The van der Waals surface area contributed by atoms with Crippen molar-refractivity contribution in [2.24, 2.45) is 0 Å². The Kier molecular flexibility index (Phi) is 6.09. The normalized spacial score (nSPS) is 51.4. The van der Waals surface area contributed by atoms with Gasteiger partial charge in [-0.1, -0.05) is 0 Å². The standard InChI is InChI=1S/C12H19Cl3O8/c13-10(14)9-12(15,7(20)4(18)2-22-9)11(3-17)8(21)6(19)5(1-16)23-11/h4-10,16-21H,1-3H2/t4-,5+,6+,7+,8-,9+,11+,12+/m0/s1. The number of ether oxygens (including phenoxy) is 2. The molecule has 0 aliphatic carbocycles. The van der Waals surface area contributed by atoms with Gasteiger partial charge in [0, 0.05) is 0 Å². The molecule has 0 radical (unpaired) electrons. The number of rotatable bonds is 4. The molecule has 0 amide bonds. The largest absolute Gasteiger partial charge is 0.394 e. The van der Waals surface area contributed by atoms with E-state index in [1.807, 2.05) is 0 Å². The summed E-state index contributed by atoms with van der Waals surface area (Å²) in [5, 5.41) is 59.7. The van der Waals surface area contributed by atoms with Crippen molar-refractivity contribution < 1.29 is 40.1 Å². The SMILES string of the molecule is OC[C@H]1O[C@@](CO)([C@]2(Cl)[C@@H](C(Cl)Cl)OC[C@H](O)[C@H]2O)[C@@H](O)[C@@H]1O. The Morgan fingerprint density at radius 1 is 1.09 bits per heavy atom. The van der Waals surface area contributed by atoms with Crippen molar-refractivity contribution in [1.29, 1.82) is 0 Å². The van der Waals surface area contributed by atoms with Crippen molar-refractivity contribution >= 4 is 34.8 Å². The predicted molar refractivity (Wildman–Crippen MR) is 79.6 cm³/mol. The van der Waals surface area contributed by atoms with Gasteiger partial charge in [-0.25, -0.2) is 0 Å². The van der Waals surface area contributed by atoms with Crippen LogP contribution in [0.2, 0.25) is 0 Å². The van der Waals surface area contributed by atoms with E-state index in [-0.39, 0.29) is 6.61 Å². The molecule has 0 aromatic heterocycles. The molecule has 2 aliphatic heterocycles. The second kappa shape index (κ2) is 7.05. The maximum atomic E-state index is 10.4. The Morgan fingerprint density at radius 3 is 2.13 bits per heavy atom.